The average Bonchev–Trinajstić information content (AvgIpc) is 2.48. The van der Waals surface area contributed by atoms with Gasteiger partial charge in [0.25, 0.3) is 0 Å². The van der Waals surface area contributed by atoms with Crippen molar-refractivity contribution in [2.75, 3.05) is 19.7 Å². The molecular formula is C16H27NO3. The fraction of sp³-hybridized carbons (Fsp3) is 0.812. The van der Waals surface area contributed by atoms with Gasteiger partial charge in [-0.25, -0.2) is 0 Å². The number of ether oxygens (including phenoxy) is 1. The van der Waals surface area contributed by atoms with Gasteiger partial charge in [0.2, 0.25) is 5.91 Å². The lowest BCUT2D eigenvalue weighted by molar-refractivity contribution is -0.209. The maximum atomic E-state index is 12.3. The summed E-state index contributed by atoms with van der Waals surface area (Å²) in [5.41, 5.74) is 0.784. The molecule has 0 unspecified atom stereocenters. The zero-order chi connectivity index (χ0) is 14.8. The van der Waals surface area contributed by atoms with E-state index in [0.717, 1.165) is 44.3 Å². The molecule has 114 valence electrons. The van der Waals surface area contributed by atoms with Gasteiger partial charge in [-0.15, -0.1) is 0 Å². The van der Waals surface area contributed by atoms with Crippen molar-refractivity contribution >= 4 is 5.91 Å². The molecule has 20 heavy (non-hydrogen) atoms. The zero-order valence-corrected chi connectivity index (χ0v) is 12.9. The number of piperidine rings is 1. The van der Waals surface area contributed by atoms with Crippen LogP contribution in [0.4, 0.5) is 0 Å². The number of allylic oxidation sites excluding steroid dienone is 1. The number of hydrogen-bond acceptors (Lipinski definition) is 3. The summed E-state index contributed by atoms with van der Waals surface area (Å²) in [5, 5.41) is 10.2. The third-order valence-electron chi connectivity index (χ3n) is 5.10. The van der Waals surface area contributed by atoms with Crippen molar-refractivity contribution in [2.24, 2.45) is 5.41 Å². The lowest BCUT2D eigenvalue weighted by Crippen LogP contribution is -2.62. The van der Waals surface area contributed by atoms with Crippen molar-refractivity contribution in [1.82, 2.24) is 4.90 Å². The number of carbonyl (C=O) groups excluding carboxylic acids is 1. The molecule has 2 atom stereocenters. The first kappa shape index (κ1) is 15.5. The lowest BCUT2D eigenvalue weighted by Gasteiger charge is -2.56. The number of amides is 1. The van der Waals surface area contributed by atoms with Crippen molar-refractivity contribution in [1.29, 1.82) is 0 Å². The van der Waals surface area contributed by atoms with Crippen LogP contribution in [-0.2, 0) is 9.53 Å². The predicted octanol–water partition coefficient (Wildman–Crippen LogP) is 2.12. The highest BCUT2D eigenvalue weighted by Gasteiger charge is 2.56. The fourth-order valence-corrected chi connectivity index (χ4v) is 3.62. The maximum Gasteiger partial charge on any atom is 0.249 e. The third kappa shape index (κ3) is 2.51. The van der Waals surface area contributed by atoms with Gasteiger partial charge in [-0.05, 0) is 33.1 Å². The van der Waals surface area contributed by atoms with Gasteiger partial charge in [0.15, 0.2) is 0 Å². The van der Waals surface area contributed by atoms with Crippen LogP contribution in [0.2, 0.25) is 0 Å². The first-order valence-corrected chi connectivity index (χ1v) is 7.83. The van der Waals surface area contributed by atoms with Gasteiger partial charge in [-0.2, -0.15) is 0 Å². The molecule has 2 aliphatic rings. The number of aliphatic hydroxyl groups excluding tert-OH is 1. The summed E-state index contributed by atoms with van der Waals surface area (Å²) in [6, 6.07) is 0. The van der Waals surface area contributed by atoms with E-state index in [4.69, 9.17) is 4.74 Å². The molecule has 0 aromatic heterocycles. The van der Waals surface area contributed by atoms with Crippen LogP contribution in [0, 0.1) is 5.41 Å². The molecule has 1 N–H and O–H groups in total. The van der Waals surface area contributed by atoms with Crippen LogP contribution >= 0.6 is 0 Å². The molecular weight excluding hydrogens is 254 g/mol. The predicted molar refractivity (Wildman–Crippen MR) is 78.3 cm³/mol. The highest BCUT2D eigenvalue weighted by molar-refractivity contribution is 5.93. The van der Waals surface area contributed by atoms with Gasteiger partial charge in [0.05, 0.1) is 12.2 Å². The highest BCUT2D eigenvalue weighted by atomic mass is 16.5. The van der Waals surface area contributed by atoms with E-state index in [1.807, 2.05) is 31.7 Å². The van der Waals surface area contributed by atoms with Crippen molar-refractivity contribution in [3.05, 3.63) is 11.6 Å². The van der Waals surface area contributed by atoms with Crippen LogP contribution in [0.25, 0.3) is 0 Å². The van der Waals surface area contributed by atoms with E-state index in [-0.39, 0.29) is 23.5 Å². The second-order valence-electron chi connectivity index (χ2n) is 5.89. The summed E-state index contributed by atoms with van der Waals surface area (Å²) in [4.78, 5) is 14.3. The summed E-state index contributed by atoms with van der Waals surface area (Å²) in [6.07, 6.45) is 5.05. The molecule has 1 heterocycles. The number of nitrogens with zero attached hydrogens (tertiary/aromatic N) is 1. The van der Waals surface area contributed by atoms with Crippen molar-refractivity contribution in [3.8, 4) is 0 Å². The van der Waals surface area contributed by atoms with E-state index in [9.17, 15) is 9.90 Å². The van der Waals surface area contributed by atoms with Crippen LogP contribution in [-0.4, -0.2) is 47.8 Å². The molecule has 1 aliphatic carbocycles. The average molecular weight is 281 g/mol. The number of carbonyl (C=O) groups is 1. The summed E-state index contributed by atoms with van der Waals surface area (Å²) < 4.78 is 5.75. The Kier molecular flexibility index (Phi) is 4.86. The van der Waals surface area contributed by atoms with E-state index in [1.54, 1.807) is 0 Å². The monoisotopic (exact) mass is 281 g/mol. The Labute approximate surface area is 121 Å². The molecule has 0 aromatic carbocycles. The van der Waals surface area contributed by atoms with Gasteiger partial charge >= 0.3 is 0 Å². The van der Waals surface area contributed by atoms with Gasteiger partial charge in [-0.3, -0.25) is 4.79 Å². The summed E-state index contributed by atoms with van der Waals surface area (Å²) in [7, 11) is 0. The van der Waals surface area contributed by atoms with Gasteiger partial charge in [0.1, 0.15) is 0 Å². The molecule has 0 bridgehead atoms. The minimum Gasteiger partial charge on any atom is -0.392 e. The zero-order valence-electron chi connectivity index (χ0n) is 12.9. The number of hydrogen-bond donors (Lipinski definition) is 1. The second-order valence-corrected chi connectivity index (χ2v) is 5.89. The fourth-order valence-electron chi connectivity index (χ4n) is 3.62. The van der Waals surface area contributed by atoms with Crippen LogP contribution in [0.1, 0.15) is 46.5 Å². The lowest BCUT2D eigenvalue weighted by atomic mass is 9.58. The van der Waals surface area contributed by atoms with E-state index < -0.39 is 0 Å². The Morgan fingerprint density at radius 3 is 2.50 bits per heavy atom. The molecule has 2 fully saturated rings. The molecule has 1 aliphatic heterocycles. The summed E-state index contributed by atoms with van der Waals surface area (Å²) >= 11 is 0. The molecule has 1 saturated carbocycles. The Morgan fingerprint density at radius 1 is 1.40 bits per heavy atom. The summed E-state index contributed by atoms with van der Waals surface area (Å²) in [6.45, 7) is 8.09. The van der Waals surface area contributed by atoms with E-state index >= 15 is 0 Å². The van der Waals surface area contributed by atoms with Crippen LogP contribution < -0.4 is 0 Å². The van der Waals surface area contributed by atoms with Crippen molar-refractivity contribution in [3.63, 3.8) is 0 Å². The maximum absolute atomic E-state index is 12.3. The topological polar surface area (TPSA) is 49.8 Å². The molecule has 4 nitrogen and oxygen atoms in total. The normalized spacial score (nSPS) is 29.4. The minimum absolute atomic E-state index is 0.102. The van der Waals surface area contributed by atoms with Gasteiger partial charge < -0.3 is 14.7 Å². The first-order chi connectivity index (χ1) is 9.58. The Balaban J connectivity index is 1.97. The van der Waals surface area contributed by atoms with Crippen molar-refractivity contribution < 1.29 is 14.6 Å². The van der Waals surface area contributed by atoms with Gasteiger partial charge in [-0.1, -0.05) is 13.0 Å². The molecule has 0 radical (unpaired) electrons. The first-order valence-electron chi connectivity index (χ1n) is 7.83. The molecule has 1 amide bonds. The van der Waals surface area contributed by atoms with E-state index in [1.165, 1.54) is 0 Å². The van der Waals surface area contributed by atoms with E-state index in [2.05, 4.69) is 0 Å². The standard InChI is InChI=1S/C16H27NO3/c1-4-12(5-2)15(19)17-9-7-16(8-10-17)13(18)11-14(16)20-6-3/h4,13-14,18H,5-11H2,1-3H3/b12-4+/t13-,14-/m1/s1. The molecule has 1 spiro atoms. The van der Waals surface area contributed by atoms with Crippen LogP contribution in [0.5, 0.6) is 0 Å². The number of likely N-dealkylation sites (tertiary alicyclic amines) is 1. The Hall–Kier alpha value is -0.870. The Bertz CT molecular complexity index is 381. The number of aliphatic hydroxyl groups is 1. The quantitative estimate of drug-likeness (QED) is 0.803. The number of rotatable bonds is 4. The van der Waals surface area contributed by atoms with Crippen LogP contribution in [0.15, 0.2) is 11.6 Å². The Morgan fingerprint density at radius 2 is 2.05 bits per heavy atom. The second kappa shape index (κ2) is 6.27. The van der Waals surface area contributed by atoms with Crippen LogP contribution in [0.3, 0.4) is 0 Å². The molecule has 2 rings (SSSR count). The molecule has 0 aromatic rings. The summed E-state index contributed by atoms with van der Waals surface area (Å²) in [5.74, 6) is 0.159. The third-order valence-corrected chi connectivity index (χ3v) is 5.10. The van der Waals surface area contributed by atoms with Crippen molar-refractivity contribution in [2.45, 2.75) is 58.7 Å². The SMILES string of the molecule is C/C=C(\CC)C(=O)N1CCC2(CC1)[C@H](O)C[C@H]2OCC. The van der Waals surface area contributed by atoms with Gasteiger partial charge in [0, 0.05) is 37.1 Å². The van der Waals surface area contributed by atoms with E-state index in [0.29, 0.717) is 6.61 Å². The molecule has 4 heteroatoms. The molecule has 1 saturated heterocycles. The smallest absolute Gasteiger partial charge is 0.249 e. The minimum atomic E-state index is -0.260. The largest absolute Gasteiger partial charge is 0.392 e. The highest BCUT2D eigenvalue weighted by Crippen LogP contribution is 2.51.